The number of hydrogen-bond acceptors (Lipinski definition) is 4. The molecule has 26 heavy (non-hydrogen) atoms. The Hall–Kier alpha value is -3.02. The number of anilines is 2. The van der Waals surface area contributed by atoms with E-state index in [1.807, 2.05) is 28.9 Å². The number of nitrogens with one attached hydrogen (secondary N) is 1. The summed E-state index contributed by atoms with van der Waals surface area (Å²) in [6.07, 6.45) is 6.59. The van der Waals surface area contributed by atoms with Crippen molar-refractivity contribution >= 4 is 23.0 Å². The highest BCUT2D eigenvalue weighted by Crippen LogP contribution is 2.25. The fourth-order valence-corrected chi connectivity index (χ4v) is 3.36. The minimum atomic E-state index is -0.806. The van der Waals surface area contributed by atoms with Gasteiger partial charge in [-0.2, -0.15) is 0 Å². The molecule has 1 aliphatic rings. The van der Waals surface area contributed by atoms with Gasteiger partial charge in [0.15, 0.2) is 0 Å². The first-order chi connectivity index (χ1) is 12.7. The van der Waals surface area contributed by atoms with Crippen LogP contribution in [0.25, 0.3) is 16.9 Å². The number of nitrogens with zero attached hydrogens (tertiary/aromatic N) is 3. The zero-order valence-electron chi connectivity index (χ0n) is 14.6. The number of rotatable bonds is 6. The van der Waals surface area contributed by atoms with Crippen molar-refractivity contribution in [1.29, 1.82) is 0 Å². The monoisotopic (exact) mass is 350 g/mol. The summed E-state index contributed by atoms with van der Waals surface area (Å²) in [7, 11) is 0. The summed E-state index contributed by atoms with van der Waals surface area (Å²) >= 11 is 0. The van der Waals surface area contributed by atoms with Crippen molar-refractivity contribution in [2.75, 3.05) is 29.9 Å². The van der Waals surface area contributed by atoms with Crippen LogP contribution in [0.1, 0.15) is 19.3 Å². The van der Waals surface area contributed by atoms with Crippen molar-refractivity contribution in [3.8, 4) is 11.3 Å². The highest BCUT2D eigenvalue weighted by Gasteiger charge is 2.12. The maximum Gasteiger partial charge on any atom is 0.305 e. The summed E-state index contributed by atoms with van der Waals surface area (Å²) in [6.45, 7) is 2.69. The average molecular weight is 350 g/mol. The molecule has 6 nitrogen and oxygen atoms in total. The van der Waals surface area contributed by atoms with Gasteiger partial charge in [-0.15, -0.1) is 0 Å². The van der Waals surface area contributed by atoms with Crippen LogP contribution in [0.4, 0.5) is 11.4 Å². The lowest BCUT2D eigenvalue weighted by Crippen LogP contribution is -2.17. The average Bonchev–Trinajstić information content (AvgIpc) is 3.31. The number of aromatic nitrogens is 2. The fraction of sp³-hybridized carbons (Fsp3) is 0.300. The predicted molar refractivity (Wildman–Crippen MR) is 103 cm³/mol. The van der Waals surface area contributed by atoms with E-state index in [-0.39, 0.29) is 6.42 Å². The van der Waals surface area contributed by atoms with E-state index in [0.717, 1.165) is 35.7 Å². The van der Waals surface area contributed by atoms with E-state index >= 15 is 0 Å². The van der Waals surface area contributed by atoms with Gasteiger partial charge in [-0.1, -0.05) is 12.1 Å². The van der Waals surface area contributed by atoms with Crippen molar-refractivity contribution < 1.29 is 9.90 Å². The molecule has 1 saturated heterocycles. The molecule has 1 aliphatic heterocycles. The lowest BCUT2D eigenvalue weighted by Gasteiger charge is -2.17. The van der Waals surface area contributed by atoms with E-state index in [4.69, 9.17) is 10.1 Å². The van der Waals surface area contributed by atoms with E-state index < -0.39 is 5.97 Å². The van der Waals surface area contributed by atoms with Gasteiger partial charge in [-0.25, -0.2) is 4.98 Å². The molecular weight excluding hydrogens is 328 g/mol. The predicted octanol–water partition coefficient (Wildman–Crippen LogP) is 3.49. The molecule has 0 bridgehead atoms. The highest BCUT2D eigenvalue weighted by atomic mass is 16.4. The van der Waals surface area contributed by atoms with E-state index in [1.165, 1.54) is 18.5 Å². The normalized spacial score (nSPS) is 14.1. The number of hydrogen-bond donors (Lipinski definition) is 2. The molecule has 0 saturated carbocycles. The number of carboxylic acids is 1. The molecule has 0 amide bonds. The van der Waals surface area contributed by atoms with Crippen LogP contribution in [0, 0.1) is 0 Å². The number of benzene rings is 1. The molecule has 3 heterocycles. The summed E-state index contributed by atoms with van der Waals surface area (Å²) in [4.78, 5) is 17.7. The lowest BCUT2D eigenvalue weighted by atomic mass is 10.1. The van der Waals surface area contributed by atoms with Gasteiger partial charge >= 0.3 is 5.97 Å². The van der Waals surface area contributed by atoms with Gasteiger partial charge in [0.25, 0.3) is 0 Å². The van der Waals surface area contributed by atoms with Crippen molar-refractivity contribution in [3.05, 3.63) is 48.8 Å². The van der Waals surface area contributed by atoms with Crippen molar-refractivity contribution in [2.45, 2.75) is 19.3 Å². The Labute approximate surface area is 152 Å². The van der Waals surface area contributed by atoms with E-state index in [0.29, 0.717) is 6.54 Å². The maximum atomic E-state index is 10.6. The van der Waals surface area contributed by atoms with Crippen LogP contribution in [0.15, 0.2) is 48.8 Å². The third kappa shape index (κ3) is 3.49. The number of carbonyl (C=O) groups is 1. The molecule has 2 N–H and O–H groups in total. The third-order valence-corrected chi connectivity index (χ3v) is 4.76. The Morgan fingerprint density at radius 3 is 2.65 bits per heavy atom. The van der Waals surface area contributed by atoms with Gasteiger partial charge in [-0.05, 0) is 31.0 Å². The van der Waals surface area contributed by atoms with Gasteiger partial charge in [0.2, 0.25) is 0 Å². The van der Waals surface area contributed by atoms with E-state index in [9.17, 15) is 4.79 Å². The number of carboxylic acid groups (broad SMARTS) is 1. The van der Waals surface area contributed by atoms with Gasteiger partial charge in [-0.3, -0.25) is 4.79 Å². The highest BCUT2D eigenvalue weighted by molar-refractivity contribution is 5.69. The number of imidazole rings is 1. The molecule has 2 aromatic heterocycles. The Morgan fingerprint density at radius 2 is 1.92 bits per heavy atom. The summed E-state index contributed by atoms with van der Waals surface area (Å²) in [5.41, 5.74) is 5.02. The van der Waals surface area contributed by atoms with Gasteiger partial charge < -0.3 is 19.7 Å². The minimum Gasteiger partial charge on any atom is -0.481 e. The maximum absolute atomic E-state index is 10.6. The molecule has 4 rings (SSSR count). The van der Waals surface area contributed by atoms with Crippen molar-refractivity contribution in [1.82, 2.24) is 9.38 Å². The molecule has 134 valence electrons. The fourth-order valence-electron chi connectivity index (χ4n) is 3.36. The first-order valence-electron chi connectivity index (χ1n) is 8.99. The summed E-state index contributed by atoms with van der Waals surface area (Å²) in [6, 6.07) is 12.5. The molecular formula is C20H22N4O2. The molecule has 0 aliphatic carbocycles. The molecule has 1 fully saturated rings. The Balaban J connectivity index is 1.52. The van der Waals surface area contributed by atoms with Crippen LogP contribution in [0.3, 0.4) is 0 Å². The summed E-state index contributed by atoms with van der Waals surface area (Å²) in [5, 5.41) is 11.8. The third-order valence-electron chi connectivity index (χ3n) is 4.76. The van der Waals surface area contributed by atoms with Gasteiger partial charge in [0.05, 0.1) is 12.1 Å². The second-order valence-corrected chi connectivity index (χ2v) is 6.62. The van der Waals surface area contributed by atoms with Crippen LogP contribution in [-0.4, -0.2) is 40.1 Å². The second kappa shape index (κ2) is 7.07. The molecule has 0 atom stereocenters. The second-order valence-electron chi connectivity index (χ2n) is 6.62. The summed E-state index contributed by atoms with van der Waals surface area (Å²) in [5.74, 6) is -0.806. The Bertz CT molecular complexity index is 911. The largest absolute Gasteiger partial charge is 0.481 e. The van der Waals surface area contributed by atoms with E-state index in [2.05, 4.69) is 34.5 Å². The number of aliphatic carboxylic acids is 1. The first-order valence-corrected chi connectivity index (χ1v) is 8.99. The van der Waals surface area contributed by atoms with Gasteiger partial charge in [0.1, 0.15) is 5.65 Å². The minimum absolute atomic E-state index is 0.0915. The van der Waals surface area contributed by atoms with Crippen LogP contribution in [0.5, 0.6) is 0 Å². The lowest BCUT2D eigenvalue weighted by molar-refractivity contribution is -0.136. The van der Waals surface area contributed by atoms with Crippen molar-refractivity contribution in [3.63, 3.8) is 0 Å². The molecule has 6 heteroatoms. The van der Waals surface area contributed by atoms with Crippen LogP contribution in [0.2, 0.25) is 0 Å². The SMILES string of the molecule is O=C(O)CCNc1ccn2cc(-c3ccc(N4CCCC4)cc3)nc2c1. The Morgan fingerprint density at radius 1 is 1.15 bits per heavy atom. The molecule has 3 aromatic rings. The van der Waals surface area contributed by atoms with Crippen LogP contribution in [-0.2, 0) is 4.79 Å². The number of pyridine rings is 1. The molecule has 0 radical (unpaired) electrons. The molecule has 0 unspecified atom stereocenters. The zero-order chi connectivity index (χ0) is 17.9. The van der Waals surface area contributed by atoms with Crippen molar-refractivity contribution in [2.24, 2.45) is 0 Å². The quantitative estimate of drug-likeness (QED) is 0.712. The van der Waals surface area contributed by atoms with Gasteiger partial charge in [0, 0.05) is 55.0 Å². The topological polar surface area (TPSA) is 69.9 Å². The first kappa shape index (κ1) is 16.4. The van der Waals surface area contributed by atoms with E-state index in [1.54, 1.807) is 0 Å². The smallest absolute Gasteiger partial charge is 0.305 e. The molecule has 1 aromatic carbocycles. The standard InChI is InChI=1S/C20H22N4O2/c25-20(26)7-9-21-16-8-12-24-14-18(22-19(24)13-16)15-3-5-17(6-4-15)23-10-1-2-11-23/h3-6,8,12-14,21H,1-2,7,9-11H2,(H,25,26). The zero-order valence-corrected chi connectivity index (χ0v) is 14.6. The molecule has 0 spiro atoms. The van der Waals surface area contributed by atoms with Crippen LogP contribution < -0.4 is 10.2 Å². The summed E-state index contributed by atoms with van der Waals surface area (Å²) < 4.78 is 1.98. The van der Waals surface area contributed by atoms with Crippen LogP contribution >= 0.6 is 0 Å². The Kier molecular flexibility index (Phi) is 4.48. The number of fused-ring (bicyclic) bond motifs is 1.